The van der Waals surface area contributed by atoms with Gasteiger partial charge in [0.05, 0.1) is 0 Å². The average molecular weight is 370 g/mol. The molecule has 0 aliphatic heterocycles. The van der Waals surface area contributed by atoms with Gasteiger partial charge < -0.3 is 0 Å². The van der Waals surface area contributed by atoms with Crippen LogP contribution in [0.2, 0.25) is 0 Å². The lowest BCUT2D eigenvalue weighted by molar-refractivity contribution is 1.01. The maximum atomic E-state index is 4.45. The van der Waals surface area contributed by atoms with Crippen LogP contribution in [-0.4, -0.2) is 39.2 Å². The topological polar surface area (TPSA) is 86.2 Å². The zero-order valence-electron chi connectivity index (χ0n) is 16.0. The van der Waals surface area contributed by atoms with Crippen LogP contribution < -0.4 is 0 Å². The Bertz CT molecular complexity index is 1240. The van der Waals surface area contributed by atoms with Crippen LogP contribution in [-0.2, 0) is 0 Å². The van der Waals surface area contributed by atoms with E-state index in [1.807, 2.05) is 72.9 Å². The standard InChI is InChI=1S/C20H18N8/c1-11-9-13(3)27-17(23-25-19(27)21-11)15-5-7-16(8-6-15)18-24-26-20-22-12(2)10-14(4)28(18)20/h5-10H,1-4H3. The van der Waals surface area contributed by atoms with Gasteiger partial charge in [0.1, 0.15) is 0 Å². The molecule has 0 aliphatic carbocycles. The largest absolute Gasteiger partial charge is 0.264 e. The Kier molecular flexibility index (Phi) is 3.48. The Balaban J connectivity index is 1.61. The molecule has 0 amide bonds. The van der Waals surface area contributed by atoms with E-state index in [-0.39, 0.29) is 0 Å². The molecule has 0 aliphatic rings. The molecule has 0 N–H and O–H groups in total. The Morgan fingerprint density at radius 1 is 0.571 bits per heavy atom. The molecule has 4 aromatic heterocycles. The number of nitrogens with zero attached hydrogens (tertiary/aromatic N) is 8. The monoisotopic (exact) mass is 370 g/mol. The zero-order valence-corrected chi connectivity index (χ0v) is 16.0. The first kappa shape index (κ1) is 16.5. The van der Waals surface area contributed by atoms with Crippen molar-refractivity contribution in [3.63, 3.8) is 0 Å². The summed E-state index contributed by atoms with van der Waals surface area (Å²) in [5.74, 6) is 2.76. The minimum Gasteiger partial charge on any atom is -0.264 e. The van der Waals surface area contributed by atoms with Gasteiger partial charge in [-0.05, 0) is 39.8 Å². The van der Waals surface area contributed by atoms with E-state index in [0.717, 1.165) is 45.6 Å². The summed E-state index contributed by atoms with van der Waals surface area (Å²) >= 11 is 0. The van der Waals surface area contributed by atoms with Crippen LogP contribution >= 0.6 is 0 Å². The first-order chi connectivity index (χ1) is 13.5. The lowest BCUT2D eigenvalue weighted by atomic mass is 10.1. The highest BCUT2D eigenvalue weighted by Crippen LogP contribution is 2.25. The molecule has 8 nitrogen and oxygen atoms in total. The fourth-order valence-corrected chi connectivity index (χ4v) is 3.60. The fourth-order valence-electron chi connectivity index (χ4n) is 3.60. The smallest absolute Gasteiger partial charge is 0.255 e. The number of hydrogen-bond donors (Lipinski definition) is 0. The van der Waals surface area contributed by atoms with Crippen LogP contribution in [0, 0.1) is 27.7 Å². The molecule has 4 heterocycles. The van der Waals surface area contributed by atoms with Crippen molar-refractivity contribution in [2.45, 2.75) is 27.7 Å². The lowest BCUT2D eigenvalue weighted by Gasteiger charge is -2.06. The number of hydrogen-bond acceptors (Lipinski definition) is 6. The number of fused-ring (bicyclic) bond motifs is 2. The molecule has 1 aromatic carbocycles. The minimum atomic E-state index is 0.608. The van der Waals surface area contributed by atoms with Gasteiger partial charge in [0.15, 0.2) is 11.6 Å². The molecule has 28 heavy (non-hydrogen) atoms. The van der Waals surface area contributed by atoms with E-state index in [2.05, 4.69) is 30.4 Å². The van der Waals surface area contributed by atoms with Crippen molar-refractivity contribution in [2.24, 2.45) is 0 Å². The molecule has 0 radical (unpaired) electrons. The molecule has 0 saturated heterocycles. The van der Waals surface area contributed by atoms with E-state index in [1.165, 1.54) is 0 Å². The third kappa shape index (κ3) is 2.45. The minimum absolute atomic E-state index is 0.608. The summed E-state index contributed by atoms with van der Waals surface area (Å²) in [7, 11) is 0. The maximum Gasteiger partial charge on any atom is 0.255 e. The SMILES string of the molecule is Cc1cc(C)n2c(-c3ccc(-c4nnc5nc(C)cc(C)n45)cc3)nnc2n1. The number of benzene rings is 1. The van der Waals surface area contributed by atoms with E-state index in [9.17, 15) is 0 Å². The Labute approximate surface area is 160 Å². The maximum absolute atomic E-state index is 4.45. The summed E-state index contributed by atoms with van der Waals surface area (Å²) in [6.07, 6.45) is 0. The van der Waals surface area contributed by atoms with Crippen LogP contribution in [0.5, 0.6) is 0 Å². The number of aromatic nitrogens is 8. The van der Waals surface area contributed by atoms with E-state index in [1.54, 1.807) is 0 Å². The molecule has 5 aromatic rings. The third-order valence-electron chi connectivity index (χ3n) is 4.79. The second kappa shape index (κ2) is 5.91. The van der Waals surface area contributed by atoms with Crippen molar-refractivity contribution < 1.29 is 0 Å². The number of rotatable bonds is 2. The molecule has 138 valence electrons. The van der Waals surface area contributed by atoms with Crippen LogP contribution in [0.3, 0.4) is 0 Å². The van der Waals surface area contributed by atoms with E-state index < -0.39 is 0 Å². The summed E-state index contributed by atoms with van der Waals surface area (Å²) in [6, 6.07) is 12.1. The normalized spacial score (nSPS) is 11.6. The Morgan fingerprint density at radius 3 is 1.36 bits per heavy atom. The molecule has 0 fully saturated rings. The summed E-state index contributed by atoms with van der Waals surface area (Å²) in [6.45, 7) is 7.97. The molecule has 0 unspecified atom stereocenters. The summed E-state index contributed by atoms with van der Waals surface area (Å²) in [4.78, 5) is 8.91. The van der Waals surface area contributed by atoms with Crippen molar-refractivity contribution in [1.82, 2.24) is 39.2 Å². The van der Waals surface area contributed by atoms with Crippen molar-refractivity contribution >= 4 is 11.6 Å². The van der Waals surface area contributed by atoms with Gasteiger partial charge in [-0.2, -0.15) is 0 Å². The predicted molar refractivity (Wildman–Crippen MR) is 105 cm³/mol. The third-order valence-corrected chi connectivity index (χ3v) is 4.79. The van der Waals surface area contributed by atoms with Gasteiger partial charge >= 0.3 is 0 Å². The van der Waals surface area contributed by atoms with Crippen molar-refractivity contribution in [3.05, 3.63) is 59.2 Å². The van der Waals surface area contributed by atoms with Crippen molar-refractivity contribution in [2.75, 3.05) is 0 Å². The lowest BCUT2D eigenvalue weighted by Crippen LogP contribution is -1.99. The predicted octanol–water partition coefficient (Wildman–Crippen LogP) is 3.13. The molecule has 0 spiro atoms. The van der Waals surface area contributed by atoms with Gasteiger partial charge in [0.25, 0.3) is 11.6 Å². The molecule has 0 saturated carbocycles. The highest BCUT2D eigenvalue weighted by Gasteiger charge is 2.14. The van der Waals surface area contributed by atoms with Gasteiger partial charge in [-0.15, -0.1) is 20.4 Å². The molecular formula is C20H18N8. The molecule has 8 heteroatoms. The van der Waals surface area contributed by atoms with Crippen LogP contribution in [0.15, 0.2) is 36.4 Å². The highest BCUT2D eigenvalue weighted by atomic mass is 15.3. The fraction of sp³-hybridized carbons (Fsp3) is 0.200. The van der Waals surface area contributed by atoms with E-state index in [0.29, 0.717) is 11.6 Å². The summed E-state index contributed by atoms with van der Waals surface area (Å²) in [5.41, 5.74) is 5.88. The highest BCUT2D eigenvalue weighted by molar-refractivity contribution is 5.66. The quantitative estimate of drug-likeness (QED) is 0.474. The van der Waals surface area contributed by atoms with E-state index >= 15 is 0 Å². The first-order valence-electron chi connectivity index (χ1n) is 9.01. The average Bonchev–Trinajstić information content (AvgIpc) is 3.26. The van der Waals surface area contributed by atoms with Gasteiger partial charge in [-0.1, -0.05) is 24.3 Å². The number of aryl methyl sites for hydroxylation is 4. The van der Waals surface area contributed by atoms with Gasteiger partial charge in [-0.3, -0.25) is 8.80 Å². The van der Waals surface area contributed by atoms with Crippen LogP contribution in [0.25, 0.3) is 34.3 Å². The second-order valence-corrected chi connectivity index (χ2v) is 6.97. The molecular weight excluding hydrogens is 352 g/mol. The Hall–Kier alpha value is -3.68. The van der Waals surface area contributed by atoms with Gasteiger partial charge in [0, 0.05) is 33.9 Å². The summed E-state index contributed by atoms with van der Waals surface area (Å²) < 4.78 is 3.93. The Morgan fingerprint density at radius 2 is 0.964 bits per heavy atom. The zero-order chi connectivity index (χ0) is 19.4. The second-order valence-electron chi connectivity index (χ2n) is 6.97. The molecule has 0 atom stereocenters. The molecule has 0 bridgehead atoms. The first-order valence-corrected chi connectivity index (χ1v) is 9.01. The van der Waals surface area contributed by atoms with E-state index in [4.69, 9.17) is 0 Å². The van der Waals surface area contributed by atoms with Crippen molar-refractivity contribution in [3.8, 4) is 22.8 Å². The van der Waals surface area contributed by atoms with Crippen LogP contribution in [0.1, 0.15) is 22.8 Å². The van der Waals surface area contributed by atoms with Gasteiger partial charge in [-0.25, -0.2) is 9.97 Å². The van der Waals surface area contributed by atoms with Gasteiger partial charge in [0.2, 0.25) is 0 Å². The summed E-state index contributed by atoms with van der Waals surface area (Å²) in [5, 5.41) is 17.1. The molecule has 5 rings (SSSR count). The van der Waals surface area contributed by atoms with Crippen molar-refractivity contribution in [1.29, 1.82) is 0 Å². The van der Waals surface area contributed by atoms with Crippen LogP contribution in [0.4, 0.5) is 0 Å².